The zero-order valence-electron chi connectivity index (χ0n) is 11.6. The van der Waals surface area contributed by atoms with Gasteiger partial charge in [0.1, 0.15) is 4.91 Å². The topological polar surface area (TPSA) is 43.4 Å². The van der Waals surface area contributed by atoms with E-state index in [0.717, 1.165) is 36.8 Å². The minimum absolute atomic E-state index is 0.253. The van der Waals surface area contributed by atoms with Gasteiger partial charge in [-0.2, -0.15) is 0 Å². The van der Waals surface area contributed by atoms with Crippen LogP contribution in [0.1, 0.15) is 25.7 Å². The smallest absolute Gasteiger partial charge is 0.347 e. The second-order valence-electron chi connectivity index (χ2n) is 4.69. The van der Waals surface area contributed by atoms with Crippen LogP contribution in [-0.2, 0) is 20.3 Å². The first-order chi connectivity index (χ1) is 9.65. The summed E-state index contributed by atoms with van der Waals surface area (Å²) in [4.78, 5) is 12.9. The average Bonchev–Trinajstić information content (AvgIpc) is 2.50. The van der Waals surface area contributed by atoms with Gasteiger partial charge in [-0.25, -0.2) is 9.00 Å². The molecule has 1 aromatic rings. The van der Waals surface area contributed by atoms with Crippen molar-refractivity contribution in [2.75, 3.05) is 7.11 Å². The van der Waals surface area contributed by atoms with E-state index < -0.39 is 16.8 Å². The van der Waals surface area contributed by atoms with E-state index in [9.17, 15) is 9.00 Å². The Balaban J connectivity index is 2.48. The fraction of sp³-hybridized carbons (Fsp3) is 0.312. The minimum atomic E-state index is -1.53. The Kier molecular flexibility index (Phi) is 4.90. The summed E-state index contributed by atoms with van der Waals surface area (Å²) in [5.74, 6) is -0.523. The van der Waals surface area contributed by atoms with E-state index in [0.29, 0.717) is 4.90 Å². The summed E-state index contributed by atoms with van der Waals surface area (Å²) in [6.45, 7) is 4.01. The highest BCUT2D eigenvalue weighted by molar-refractivity contribution is 7.90. The Bertz CT molecular complexity index is 573. The number of methoxy groups -OCH3 is 1. The molecule has 20 heavy (non-hydrogen) atoms. The third-order valence-corrected chi connectivity index (χ3v) is 4.85. The molecule has 4 heteroatoms. The van der Waals surface area contributed by atoms with Gasteiger partial charge in [-0.1, -0.05) is 30.4 Å². The molecule has 0 radical (unpaired) electrons. The van der Waals surface area contributed by atoms with Gasteiger partial charge in [-0.15, -0.1) is 0 Å². The van der Waals surface area contributed by atoms with E-state index in [1.807, 2.05) is 18.2 Å². The number of hydrogen-bond acceptors (Lipinski definition) is 3. The van der Waals surface area contributed by atoms with Crippen molar-refractivity contribution in [2.24, 2.45) is 0 Å². The molecule has 1 fully saturated rings. The molecule has 1 saturated carbocycles. The second kappa shape index (κ2) is 6.66. The third-order valence-electron chi connectivity index (χ3n) is 3.37. The van der Waals surface area contributed by atoms with Gasteiger partial charge in [-0.05, 0) is 43.4 Å². The molecule has 2 rings (SSSR count). The molecule has 0 heterocycles. The molecule has 1 aliphatic carbocycles. The maximum Gasteiger partial charge on any atom is 0.347 e. The summed E-state index contributed by atoms with van der Waals surface area (Å²) in [5, 5.41) is 0. The van der Waals surface area contributed by atoms with Crippen molar-refractivity contribution in [3.63, 3.8) is 0 Å². The lowest BCUT2D eigenvalue weighted by Gasteiger charge is -2.20. The van der Waals surface area contributed by atoms with Gasteiger partial charge in [0.25, 0.3) is 0 Å². The van der Waals surface area contributed by atoms with Crippen LogP contribution >= 0.6 is 0 Å². The number of benzene rings is 1. The molecule has 0 aliphatic heterocycles. The van der Waals surface area contributed by atoms with Crippen molar-refractivity contribution in [3.05, 3.63) is 53.0 Å². The summed E-state index contributed by atoms with van der Waals surface area (Å²) in [7, 11) is -0.209. The molecule has 0 aromatic heterocycles. The van der Waals surface area contributed by atoms with Crippen LogP contribution in [0, 0.1) is 0 Å². The van der Waals surface area contributed by atoms with Crippen LogP contribution in [0.15, 0.2) is 57.9 Å². The lowest BCUT2D eigenvalue weighted by Crippen LogP contribution is -2.15. The van der Waals surface area contributed by atoms with Gasteiger partial charge in [0.2, 0.25) is 0 Å². The molecule has 106 valence electrons. The Hall–Kier alpha value is -1.68. The highest BCUT2D eigenvalue weighted by Gasteiger charge is 2.26. The lowest BCUT2D eigenvalue weighted by atomic mass is 9.90. The maximum absolute atomic E-state index is 12.7. The van der Waals surface area contributed by atoms with E-state index in [1.165, 1.54) is 7.11 Å². The first kappa shape index (κ1) is 14.7. The molecule has 0 bridgehead atoms. The number of rotatable bonds is 3. The van der Waals surface area contributed by atoms with Gasteiger partial charge in [-0.3, -0.25) is 0 Å². The molecule has 1 unspecified atom stereocenters. The number of ether oxygens (including phenoxy) is 1. The van der Waals surface area contributed by atoms with Crippen LogP contribution < -0.4 is 0 Å². The molecule has 0 saturated heterocycles. The van der Waals surface area contributed by atoms with Gasteiger partial charge < -0.3 is 4.74 Å². The Morgan fingerprint density at radius 2 is 1.85 bits per heavy atom. The van der Waals surface area contributed by atoms with Crippen LogP contribution in [0.3, 0.4) is 0 Å². The molecule has 1 aromatic carbocycles. The van der Waals surface area contributed by atoms with Crippen LogP contribution in [0.5, 0.6) is 0 Å². The fourth-order valence-corrected chi connectivity index (χ4v) is 3.65. The Labute approximate surface area is 121 Å². The number of hydrogen-bond donors (Lipinski definition) is 0. The number of allylic oxidation sites excluding steroid dienone is 2. The molecule has 1 atom stereocenters. The molecule has 0 amide bonds. The van der Waals surface area contributed by atoms with E-state index in [4.69, 9.17) is 4.74 Å². The summed E-state index contributed by atoms with van der Waals surface area (Å²) in [5.41, 5.74) is 1.71. The Morgan fingerprint density at radius 1 is 1.20 bits per heavy atom. The van der Waals surface area contributed by atoms with Crippen LogP contribution in [-0.4, -0.2) is 17.3 Å². The van der Waals surface area contributed by atoms with Crippen molar-refractivity contribution in [3.8, 4) is 0 Å². The predicted molar refractivity (Wildman–Crippen MR) is 79.5 cm³/mol. The average molecular weight is 290 g/mol. The van der Waals surface area contributed by atoms with Crippen LogP contribution in [0.2, 0.25) is 0 Å². The van der Waals surface area contributed by atoms with Crippen molar-refractivity contribution >= 4 is 16.8 Å². The number of carbonyl (C=O) groups is 1. The number of carbonyl (C=O) groups excluding carboxylic acids is 1. The second-order valence-corrected chi connectivity index (χ2v) is 6.11. The summed E-state index contributed by atoms with van der Waals surface area (Å²) in [6.07, 6.45) is 3.64. The van der Waals surface area contributed by atoms with E-state index in [1.54, 1.807) is 12.1 Å². The van der Waals surface area contributed by atoms with Gasteiger partial charge in [0.05, 0.1) is 17.9 Å². The van der Waals surface area contributed by atoms with Gasteiger partial charge >= 0.3 is 5.97 Å². The standard InChI is InChI=1S/C16H18O3S/c1-12-8-6-7-11-14(12)15(16(17)19-2)20(18)13-9-4-3-5-10-13/h3-5,9-10H,1,6-8,11H2,2H3/b15-14+. The lowest BCUT2D eigenvalue weighted by molar-refractivity contribution is -0.135. The first-order valence-electron chi connectivity index (χ1n) is 6.61. The minimum Gasteiger partial charge on any atom is -0.465 e. The molecule has 3 nitrogen and oxygen atoms in total. The van der Waals surface area contributed by atoms with Crippen LogP contribution in [0.4, 0.5) is 0 Å². The summed E-state index contributed by atoms with van der Waals surface area (Å²) < 4.78 is 17.5. The zero-order valence-corrected chi connectivity index (χ0v) is 12.4. The molecule has 0 N–H and O–H groups in total. The highest BCUT2D eigenvalue weighted by atomic mass is 32.2. The first-order valence-corrected chi connectivity index (χ1v) is 7.76. The van der Waals surface area contributed by atoms with E-state index >= 15 is 0 Å². The molecule has 1 aliphatic rings. The predicted octanol–water partition coefficient (Wildman–Crippen LogP) is 3.35. The van der Waals surface area contributed by atoms with Gasteiger partial charge in [0, 0.05) is 4.90 Å². The molecular formula is C16H18O3S. The van der Waals surface area contributed by atoms with Gasteiger partial charge in [0.15, 0.2) is 0 Å². The maximum atomic E-state index is 12.7. The zero-order chi connectivity index (χ0) is 14.5. The van der Waals surface area contributed by atoms with E-state index in [2.05, 4.69) is 6.58 Å². The number of esters is 1. The molecule has 0 spiro atoms. The van der Waals surface area contributed by atoms with Crippen molar-refractivity contribution in [1.29, 1.82) is 0 Å². The monoisotopic (exact) mass is 290 g/mol. The summed E-state index contributed by atoms with van der Waals surface area (Å²) >= 11 is 0. The third kappa shape index (κ3) is 3.07. The van der Waals surface area contributed by atoms with E-state index in [-0.39, 0.29) is 4.91 Å². The quantitative estimate of drug-likeness (QED) is 0.633. The van der Waals surface area contributed by atoms with Crippen molar-refractivity contribution in [2.45, 2.75) is 30.6 Å². The van der Waals surface area contributed by atoms with Crippen LogP contribution in [0.25, 0.3) is 0 Å². The fourth-order valence-electron chi connectivity index (χ4n) is 2.31. The SMILES string of the molecule is C=C1CCCC/C1=C(/C(=O)OC)S(=O)c1ccccc1. The molecular weight excluding hydrogens is 272 g/mol. The largest absolute Gasteiger partial charge is 0.465 e. The normalized spacial score (nSPS) is 19.4. The van der Waals surface area contributed by atoms with Crippen molar-refractivity contribution in [1.82, 2.24) is 0 Å². The summed E-state index contributed by atoms with van der Waals surface area (Å²) in [6, 6.07) is 8.98. The highest BCUT2D eigenvalue weighted by Crippen LogP contribution is 2.33. The van der Waals surface area contributed by atoms with Crippen molar-refractivity contribution < 1.29 is 13.7 Å². The Morgan fingerprint density at radius 3 is 2.45 bits per heavy atom.